The molecule has 0 saturated carbocycles. The number of non-ortho nitro benzene ring substituents is 1. The van der Waals surface area contributed by atoms with Crippen LogP contribution in [0.2, 0.25) is 0 Å². The number of rotatable bonds is 3. The third kappa shape index (κ3) is 2.62. The van der Waals surface area contributed by atoms with Gasteiger partial charge in [0.25, 0.3) is 5.69 Å². The second-order valence-corrected chi connectivity index (χ2v) is 5.14. The third-order valence-electron chi connectivity index (χ3n) is 3.62. The zero-order valence-corrected chi connectivity index (χ0v) is 12.2. The lowest BCUT2D eigenvalue weighted by atomic mass is 10.0. The molecule has 0 saturated heterocycles. The Balaban J connectivity index is 2.30. The van der Waals surface area contributed by atoms with Crippen LogP contribution in [-0.4, -0.2) is 21.0 Å². The molecule has 0 spiro atoms. The molecule has 114 valence electrons. The minimum atomic E-state index is -1.06. The number of fused-ring (bicyclic) bond motifs is 1. The molecule has 23 heavy (non-hydrogen) atoms. The number of carbonyl (C=O) groups is 1. The highest BCUT2D eigenvalue weighted by Gasteiger charge is 2.15. The van der Waals surface area contributed by atoms with Gasteiger partial charge in [-0.2, -0.15) is 0 Å². The van der Waals surface area contributed by atoms with Gasteiger partial charge in [0.05, 0.1) is 21.7 Å². The number of hydrogen-bond donors (Lipinski definition) is 1. The lowest BCUT2D eigenvalue weighted by Gasteiger charge is -2.09. The molecular weight excluding hydrogens is 296 g/mol. The molecule has 3 aromatic rings. The number of benzene rings is 2. The zero-order chi connectivity index (χ0) is 16.6. The van der Waals surface area contributed by atoms with Crippen molar-refractivity contribution in [2.24, 2.45) is 0 Å². The standard InChI is InChI=1S/C17H12N2O4/c1-10-4-2-7-13-14(17(20)21)9-15(18-16(10)13)11-5-3-6-12(8-11)19(22)23/h2-9H,1H3,(H,20,21). The largest absolute Gasteiger partial charge is 0.478 e. The molecule has 0 aliphatic heterocycles. The third-order valence-corrected chi connectivity index (χ3v) is 3.62. The lowest BCUT2D eigenvalue weighted by Crippen LogP contribution is -2.01. The number of hydrogen-bond acceptors (Lipinski definition) is 4. The SMILES string of the molecule is Cc1cccc2c(C(=O)O)cc(-c3cccc([N+](=O)[O-])c3)nc12. The van der Waals surface area contributed by atoms with Crippen LogP contribution in [0, 0.1) is 17.0 Å². The summed E-state index contributed by atoms with van der Waals surface area (Å²) in [7, 11) is 0. The van der Waals surface area contributed by atoms with E-state index in [1.165, 1.54) is 18.2 Å². The summed E-state index contributed by atoms with van der Waals surface area (Å²) in [5, 5.41) is 20.9. The number of aromatic nitrogens is 1. The van der Waals surface area contributed by atoms with Crippen LogP contribution in [0.3, 0.4) is 0 Å². The van der Waals surface area contributed by atoms with Crippen LogP contribution < -0.4 is 0 Å². The van der Waals surface area contributed by atoms with Gasteiger partial charge in [-0.05, 0) is 18.6 Å². The topological polar surface area (TPSA) is 93.3 Å². The van der Waals surface area contributed by atoms with E-state index >= 15 is 0 Å². The highest BCUT2D eigenvalue weighted by atomic mass is 16.6. The molecule has 1 N–H and O–H groups in total. The van der Waals surface area contributed by atoms with Crippen LogP contribution in [0.15, 0.2) is 48.5 Å². The van der Waals surface area contributed by atoms with Gasteiger partial charge in [0.15, 0.2) is 0 Å². The van der Waals surface area contributed by atoms with E-state index in [0.717, 1.165) is 5.56 Å². The molecule has 0 atom stereocenters. The smallest absolute Gasteiger partial charge is 0.336 e. The van der Waals surface area contributed by atoms with Crippen molar-refractivity contribution < 1.29 is 14.8 Å². The van der Waals surface area contributed by atoms with Gasteiger partial charge >= 0.3 is 5.97 Å². The number of nitro benzene ring substituents is 1. The Hall–Kier alpha value is -3.28. The summed E-state index contributed by atoms with van der Waals surface area (Å²) in [6, 6.07) is 12.8. The van der Waals surface area contributed by atoms with E-state index in [1.54, 1.807) is 24.3 Å². The maximum Gasteiger partial charge on any atom is 0.336 e. The van der Waals surface area contributed by atoms with E-state index in [0.29, 0.717) is 22.2 Å². The molecule has 6 nitrogen and oxygen atoms in total. The van der Waals surface area contributed by atoms with Gasteiger partial charge in [0.2, 0.25) is 0 Å². The van der Waals surface area contributed by atoms with Crippen molar-refractivity contribution in [3.05, 3.63) is 69.8 Å². The van der Waals surface area contributed by atoms with Gasteiger partial charge in [0, 0.05) is 23.1 Å². The summed E-state index contributed by atoms with van der Waals surface area (Å²) in [5.41, 5.74) is 2.39. The normalized spacial score (nSPS) is 10.7. The molecular formula is C17H12N2O4. The van der Waals surface area contributed by atoms with Crippen molar-refractivity contribution in [3.8, 4) is 11.3 Å². The van der Waals surface area contributed by atoms with E-state index in [9.17, 15) is 20.0 Å². The number of aryl methyl sites for hydroxylation is 1. The van der Waals surface area contributed by atoms with E-state index < -0.39 is 10.9 Å². The highest BCUT2D eigenvalue weighted by Crippen LogP contribution is 2.28. The Morgan fingerprint density at radius 3 is 2.61 bits per heavy atom. The van der Waals surface area contributed by atoms with E-state index in [-0.39, 0.29) is 11.3 Å². The molecule has 0 aliphatic carbocycles. The Morgan fingerprint density at radius 2 is 1.91 bits per heavy atom. The molecule has 1 aromatic heterocycles. The van der Waals surface area contributed by atoms with Crippen LogP contribution >= 0.6 is 0 Å². The van der Waals surface area contributed by atoms with Gasteiger partial charge in [-0.3, -0.25) is 10.1 Å². The Kier molecular flexibility index (Phi) is 3.50. The van der Waals surface area contributed by atoms with Gasteiger partial charge in [-0.15, -0.1) is 0 Å². The van der Waals surface area contributed by atoms with E-state index in [4.69, 9.17) is 0 Å². The van der Waals surface area contributed by atoms with Crippen LogP contribution in [0.1, 0.15) is 15.9 Å². The summed E-state index contributed by atoms with van der Waals surface area (Å²) in [5.74, 6) is -1.06. The second kappa shape index (κ2) is 5.49. The van der Waals surface area contributed by atoms with Crippen molar-refractivity contribution in [2.45, 2.75) is 6.92 Å². The van der Waals surface area contributed by atoms with Crippen molar-refractivity contribution in [1.82, 2.24) is 4.98 Å². The number of aromatic carboxylic acids is 1. The van der Waals surface area contributed by atoms with Crippen molar-refractivity contribution in [3.63, 3.8) is 0 Å². The number of nitrogens with zero attached hydrogens (tertiary/aromatic N) is 2. The fourth-order valence-electron chi connectivity index (χ4n) is 2.50. The van der Waals surface area contributed by atoms with E-state index in [2.05, 4.69) is 4.98 Å². The maximum atomic E-state index is 11.5. The van der Waals surface area contributed by atoms with Crippen molar-refractivity contribution >= 4 is 22.6 Å². The fraction of sp³-hybridized carbons (Fsp3) is 0.0588. The monoisotopic (exact) mass is 308 g/mol. The average Bonchev–Trinajstić information content (AvgIpc) is 2.54. The maximum absolute atomic E-state index is 11.5. The quantitative estimate of drug-likeness (QED) is 0.586. The summed E-state index contributed by atoms with van der Waals surface area (Å²) in [4.78, 5) is 26.5. The molecule has 1 heterocycles. The van der Waals surface area contributed by atoms with Crippen LogP contribution in [0.4, 0.5) is 5.69 Å². The van der Waals surface area contributed by atoms with Crippen molar-refractivity contribution in [1.29, 1.82) is 0 Å². The molecule has 0 bridgehead atoms. The molecule has 0 aliphatic rings. The summed E-state index contributed by atoms with van der Waals surface area (Å²) >= 11 is 0. The molecule has 0 unspecified atom stereocenters. The van der Waals surface area contributed by atoms with Gasteiger partial charge in [0.1, 0.15) is 0 Å². The first-order valence-electron chi connectivity index (χ1n) is 6.86. The highest BCUT2D eigenvalue weighted by molar-refractivity contribution is 6.04. The predicted molar refractivity (Wildman–Crippen MR) is 85.5 cm³/mol. The average molecular weight is 308 g/mol. The number of carboxylic acids is 1. The molecule has 2 aromatic carbocycles. The Bertz CT molecular complexity index is 950. The molecule has 0 amide bonds. The number of carboxylic acid groups (broad SMARTS) is 1. The first-order chi connectivity index (χ1) is 11.0. The first kappa shape index (κ1) is 14.6. The molecule has 6 heteroatoms. The summed E-state index contributed by atoms with van der Waals surface area (Å²) in [6.07, 6.45) is 0. The number of pyridine rings is 1. The van der Waals surface area contributed by atoms with Gasteiger partial charge in [-0.25, -0.2) is 9.78 Å². The summed E-state index contributed by atoms with van der Waals surface area (Å²) < 4.78 is 0. The van der Waals surface area contributed by atoms with E-state index in [1.807, 2.05) is 13.0 Å². The van der Waals surface area contributed by atoms with Crippen LogP contribution in [-0.2, 0) is 0 Å². The minimum Gasteiger partial charge on any atom is -0.478 e. The predicted octanol–water partition coefficient (Wildman–Crippen LogP) is 3.82. The number of nitro groups is 1. The zero-order valence-electron chi connectivity index (χ0n) is 12.2. The molecule has 0 fully saturated rings. The van der Waals surface area contributed by atoms with Crippen LogP contribution in [0.5, 0.6) is 0 Å². The number of para-hydroxylation sites is 1. The fourth-order valence-corrected chi connectivity index (χ4v) is 2.50. The summed E-state index contributed by atoms with van der Waals surface area (Å²) in [6.45, 7) is 1.85. The van der Waals surface area contributed by atoms with Gasteiger partial charge < -0.3 is 5.11 Å². The Morgan fingerprint density at radius 1 is 1.17 bits per heavy atom. The van der Waals surface area contributed by atoms with Crippen LogP contribution in [0.25, 0.3) is 22.2 Å². The Labute approximate surface area is 131 Å². The minimum absolute atomic E-state index is 0.0638. The molecule has 0 radical (unpaired) electrons. The second-order valence-electron chi connectivity index (χ2n) is 5.14. The lowest BCUT2D eigenvalue weighted by molar-refractivity contribution is -0.384. The van der Waals surface area contributed by atoms with Gasteiger partial charge in [-0.1, -0.05) is 30.3 Å². The first-order valence-corrected chi connectivity index (χ1v) is 6.86. The molecule has 3 rings (SSSR count). The van der Waals surface area contributed by atoms with Crippen molar-refractivity contribution in [2.75, 3.05) is 0 Å².